The fourth-order valence-corrected chi connectivity index (χ4v) is 2.37. The van der Waals surface area contributed by atoms with Gasteiger partial charge in [0.1, 0.15) is 6.33 Å². The molecule has 1 aliphatic heterocycles. The second-order valence-electron chi connectivity index (χ2n) is 4.86. The highest BCUT2D eigenvalue weighted by Crippen LogP contribution is 2.14. The first kappa shape index (κ1) is 12.7. The number of carbonyl (C=O) groups excluding carboxylic acids is 1. The molecular formula is C13H16N6O. The standard InChI is InChI=1S/C13H16N6O/c1-10-8-14-5-6-18(10)13(20)11-3-2-4-12(7-11)19-9-15-16-17-19/h2-4,7,9-10,14H,5-6,8H2,1H3/t10-/m1/s1. The van der Waals surface area contributed by atoms with Gasteiger partial charge in [-0.15, -0.1) is 5.10 Å². The summed E-state index contributed by atoms with van der Waals surface area (Å²) in [4.78, 5) is 14.5. The normalized spacial score (nSPS) is 19.1. The molecule has 7 nitrogen and oxygen atoms in total. The Morgan fingerprint density at radius 3 is 3.10 bits per heavy atom. The lowest BCUT2D eigenvalue weighted by molar-refractivity contribution is 0.0655. The van der Waals surface area contributed by atoms with Gasteiger partial charge in [-0.3, -0.25) is 4.79 Å². The van der Waals surface area contributed by atoms with Crippen molar-refractivity contribution in [3.8, 4) is 5.69 Å². The molecule has 0 unspecified atom stereocenters. The highest BCUT2D eigenvalue weighted by molar-refractivity contribution is 5.95. The maximum absolute atomic E-state index is 12.6. The largest absolute Gasteiger partial charge is 0.333 e. The zero-order valence-corrected chi connectivity index (χ0v) is 11.2. The number of benzene rings is 1. The lowest BCUT2D eigenvalue weighted by Crippen LogP contribution is -2.52. The SMILES string of the molecule is C[C@@H]1CNCCN1C(=O)c1cccc(-n2cnnn2)c1. The topological polar surface area (TPSA) is 75.9 Å². The molecule has 104 valence electrons. The van der Waals surface area contributed by atoms with Crippen LogP contribution in [-0.2, 0) is 0 Å². The second-order valence-corrected chi connectivity index (χ2v) is 4.86. The first-order chi connectivity index (χ1) is 9.75. The van der Waals surface area contributed by atoms with E-state index in [-0.39, 0.29) is 11.9 Å². The molecule has 1 aromatic carbocycles. The van der Waals surface area contributed by atoms with Crippen LogP contribution in [0.4, 0.5) is 0 Å². The summed E-state index contributed by atoms with van der Waals surface area (Å²) in [6, 6.07) is 7.55. The smallest absolute Gasteiger partial charge is 0.254 e. The van der Waals surface area contributed by atoms with E-state index in [9.17, 15) is 4.79 Å². The van der Waals surface area contributed by atoms with E-state index >= 15 is 0 Å². The summed E-state index contributed by atoms with van der Waals surface area (Å²) in [5, 5.41) is 14.3. The van der Waals surface area contributed by atoms with Crippen LogP contribution in [0.15, 0.2) is 30.6 Å². The minimum atomic E-state index is 0.0499. The minimum Gasteiger partial charge on any atom is -0.333 e. The lowest BCUT2D eigenvalue weighted by Gasteiger charge is -2.34. The van der Waals surface area contributed by atoms with Gasteiger partial charge in [0, 0.05) is 31.2 Å². The van der Waals surface area contributed by atoms with E-state index in [0.717, 1.165) is 25.3 Å². The number of hydrogen-bond donors (Lipinski definition) is 1. The molecule has 0 radical (unpaired) electrons. The molecular weight excluding hydrogens is 256 g/mol. The third-order valence-corrected chi connectivity index (χ3v) is 3.47. The molecule has 3 rings (SSSR count). The van der Waals surface area contributed by atoms with Gasteiger partial charge >= 0.3 is 0 Å². The summed E-state index contributed by atoms with van der Waals surface area (Å²) in [5.41, 5.74) is 1.44. The van der Waals surface area contributed by atoms with Crippen molar-refractivity contribution >= 4 is 5.91 Å². The Bertz CT molecular complexity index is 597. The monoisotopic (exact) mass is 272 g/mol. The van der Waals surface area contributed by atoms with Crippen molar-refractivity contribution in [2.45, 2.75) is 13.0 Å². The van der Waals surface area contributed by atoms with Crippen molar-refractivity contribution in [2.24, 2.45) is 0 Å². The summed E-state index contributed by atoms with van der Waals surface area (Å²) in [6.07, 6.45) is 1.51. The number of nitrogens with one attached hydrogen (secondary N) is 1. The Labute approximate surface area is 116 Å². The Kier molecular flexibility index (Phi) is 3.42. The van der Waals surface area contributed by atoms with Crippen molar-refractivity contribution in [1.29, 1.82) is 0 Å². The van der Waals surface area contributed by atoms with Gasteiger partial charge in [0.15, 0.2) is 0 Å². The average Bonchev–Trinajstić information content (AvgIpc) is 3.01. The third-order valence-electron chi connectivity index (χ3n) is 3.47. The van der Waals surface area contributed by atoms with Gasteiger partial charge in [0.2, 0.25) is 0 Å². The average molecular weight is 272 g/mol. The number of rotatable bonds is 2. The molecule has 0 aliphatic carbocycles. The molecule has 1 aromatic heterocycles. The number of nitrogens with zero attached hydrogens (tertiary/aromatic N) is 5. The zero-order valence-electron chi connectivity index (χ0n) is 11.2. The quantitative estimate of drug-likeness (QED) is 0.839. The maximum atomic E-state index is 12.6. The fraction of sp³-hybridized carbons (Fsp3) is 0.385. The molecule has 7 heteroatoms. The summed E-state index contributed by atoms with van der Waals surface area (Å²) >= 11 is 0. The van der Waals surface area contributed by atoms with Crippen molar-refractivity contribution in [3.63, 3.8) is 0 Å². The number of aromatic nitrogens is 4. The van der Waals surface area contributed by atoms with Crippen LogP contribution < -0.4 is 5.32 Å². The van der Waals surface area contributed by atoms with Crippen LogP contribution in [0, 0.1) is 0 Å². The molecule has 1 N–H and O–H groups in total. The highest BCUT2D eigenvalue weighted by Gasteiger charge is 2.24. The molecule has 2 aromatic rings. The molecule has 1 saturated heterocycles. The van der Waals surface area contributed by atoms with E-state index in [2.05, 4.69) is 27.8 Å². The van der Waals surface area contributed by atoms with Crippen molar-refractivity contribution < 1.29 is 4.79 Å². The Morgan fingerprint density at radius 1 is 1.45 bits per heavy atom. The van der Waals surface area contributed by atoms with Crippen LogP contribution in [0.3, 0.4) is 0 Å². The minimum absolute atomic E-state index is 0.0499. The van der Waals surface area contributed by atoms with Crippen molar-refractivity contribution in [2.75, 3.05) is 19.6 Å². The number of piperazine rings is 1. The molecule has 0 saturated carbocycles. The first-order valence-electron chi connectivity index (χ1n) is 6.61. The van der Waals surface area contributed by atoms with Gasteiger partial charge in [-0.05, 0) is 35.5 Å². The van der Waals surface area contributed by atoms with Gasteiger partial charge in [-0.25, -0.2) is 4.68 Å². The molecule has 0 spiro atoms. The molecule has 1 fully saturated rings. The molecule has 20 heavy (non-hydrogen) atoms. The van der Waals surface area contributed by atoms with Crippen molar-refractivity contribution in [1.82, 2.24) is 30.4 Å². The Hall–Kier alpha value is -2.28. The number of tetrazole rings is 1. The number of amides is 1. The first-order valence-corrected chi connectivity index (χ1v) is 6.61. The molecule has 1 amide bonds. The van der Waals surface area contributed by atoms with Crippen LogP contribution >= 0.6 is 0 Å². The Morgan fingerprint density at radius 2 is 2.35 bits per heavy atom. The van der Waals surface area contributed by atoms with E-state index in [1.807, 2.05) is 29.2 Å². The third kappa shape index (κ3) is 2.39. The highest BCUT2D eigenvalue weighted by atomic mass is 16.2. The van der Waals surface area contributed by atoms with Crippen molar-refractivity contribution in [3.05, 3.63) is 36.2 Å². The predicted octanol–water partition coefficient (Wildman–Crippen LogP) is 0.0962. The maximum Gasteiger partial charge on any atom is 0.254 e. The van der Waals surface area contributed by atoms with E-state index in [1.165, 1.54) is 11.0 Å². The predicted molar refractivity (Wildman–Crippen MR) is 72.5 cm³/mol. The summed E-state index contributed by atoms with van der Waals surface area (Å²) in [6.45, 7) is 4.45. The van der Waals surface area contributed by atoms with Gasteiger partial charge < -0.3 is 10.2 Å². The van der Waals surface area contributed by atoms with Gasteiger partial charge in [0.25, 0.3) is 5.91 Å². The summed E-state index contributed by atoms with van der Waals surface area (Å²) < 4.78 is 1.54. The van der Waals surface area contributed by atoms with Gasteiger partial charge in [-0.1, -0.05) is 6.07 Å². The molecule has 2 heterocycles. The van der Waals surface area contributed by atoms with Gasteiger partial charge in [-0.2, -0.15) is 0 Å². The fourth-order valence-electron chi connectivity index (χ4n) is 2.37. The van der Waals surface area contributed by atoms with Gasteiger partial charge in [0.05, 0.1) is 5.69 Å². The van der Waals surface area contributed by atoms with E-state index in [1.54, 1.807) is 0 Å². The van der Waals surface area contributed by atoms with E-state index in [0.29, 0.717) is 5.56 Å². The van der Waals surface area contributed by atoms with E-state index < -0.39 is 0 Å². The van der Waals surface area contributed by atoms with E-state index in [4.69, 9.17) is 0 Å². The number of hydrogen-bond acceptors (Lipinski definition) is 5. The Balaban J connectivity index is 1.86. The number of carbonyl (C=O) groups is 1. The molecule has 0 bridgehead atoms. The second kappa shape index (κ2) is 5.38. The van der Waals surface area contributed by atoms with Crippen LogP contribution in [0.5, 0.6) is 0 Å². The molecule has 1 atom stereocenters. The zero-order chi connectivity index (χ0) is 13.9. The van der Waals surface area contributed by atoms with Crippen LogP contribution in [0.25, 0.3) is 5.69 Å². The van der Waals surface area contributed by atoms with Crippen LogP contribution in [0.1, 0.15) is 17.3 Å². The summed E-state index contributed by atoms with van der Waals surface area (Å²) in [5.74, 6) is 0.0499. The lowest BCUT2D eigenvalue weighted by atomic mass is 10.1. The van der Waals surface area contributed by atoms with Crippen LogP contribution in [0.2, 0.25) is 0 Å². The van der Waals surface area contributed by atoms with Crippen LogP contribution in [-0.4, -0.2) is 56.7 Å². The summed E-state index contributed by atoms with van der Waals surface area (Å²) in [7, 11) is 0. The molecule has 1 aliphatic rings.